The zero-order valence-corrected chi connectivity index (χ0v) is 9.97. The Bertz CT molecular complexity index is 394. The fourth-order valence-corrected chi connectivity index (χ4v) is 1.96. The van der Waals surface area contributed by atoms with Crippen molar-refractivity contribution in [1.82, 2.24) is 0 Å². The largest absolute Gasteiger partial charge is 0.467 e. The predicted molar refractivity (Wildman–Crippen MR) is 59.8 cm³/mol. The molecule has 0 aliphatic carbocycles. The lowest BCUT2D eigenvalue weighted by molar-refractivity contribution is -0.0175. The number of hydrogen-bond donors (Lipinski definition) is 0. The summed E-state index contributed by atoms with van der Waals surface area (Å²) in [5, 5.41) is 0. The van der Waals surface area contributed by atoms with Gasteiger partial charge in [-0.3, -0.25) is 0 Å². The van der Waals surface area contributed by atoms with E-state index in [1.54, 1.807) is 6.07 Å². The molecule has 0 amide bonds. The summed E-state index contributed by atoms with van der Waals surface area (Å²) in [5.41, 5.74) is 1.86. The van der Waals surface area contributed by atoms with Gasteiger partial charge in [0.1, 0.15) is 11.6 Å². The smallest absolute Gasteiger partial charge is 0.189 e. The summed E-state index contributed by atoms with van der Waals surface area (Å²) in [5.74, 6) is 0.592. The summed E-state index contributed by atoms with van der Waals surface area (Å²) in [6, 6.07) is 3.05. The molecule has 0 saturated carbocycles. The minimum absolute atomic E-state index is 0.114. The van der Waals surface area contributed by atoms with Crippen LogP contribution in [0.25, 0.3) is 0 Å². The van der Waals surface area contributed by atoms with Crippen LogP contribution in [0.1, 0.15) is 31.9 Å². The van der Waals surface area contributed by atoms with Crippen LogP contribution in [0.5, 0.6) is 5.75 Å². The summed E-state index contributed by atoms with van der Waals surface area (Å²) in [4.78, 5) is 0. The fraction of sp³-hybridized carbons (Fsp3) is 0.538. The van der Waals surface area contributed by atoms with E-state index in [0.29, 0.717) is 6.61 Å². The van der Waals surface area contributed by atoms with E-state index < -0.39 is 0 Å². The molecule has 0 atom stereocenters. The molecule has 0 N–H and O–H groups in total. The monoisotopic (exact) mass is 224 g/mol. The van der Waals surface area contributed by atoms with Crippen LogP contribution >= 0.6 is 0 Å². The van der Waals surface area contributed by atoms with Crippen LogP contribution in [0.4, 0.5) is 4.39 Å². The van der Waals surface area contributed by atoms with Crippen molar-refractivity contribution in [2.75, 3.05) is 6.79 Å². The molecule has 1 aliphatic rings. The first-order chi connectivity index (χ1) is 7.46. The Morgan fingerprint density at radius 2 is 2.06 bits per heavy atom. The molecule has 2 rings (SSSR count). The number of ether oxygens (including phenoxy) is 2. The molecule has 2 nitrogen and oxygen atoms in total. The zero-order chi connectivity index (χ0) is 11.8. The molecule has 1 heterocycles. The van der Waals surface area contributed by atoms with E-state index >= 15 is 0 Å². The lowest BCUT2D eigenvalue weighted by atomic mass is 9.87. The Labute approximate surface area is 95.4 Å². The molecule has 0 radical (unpaired) electrons. The molecule has 88 valence electrons. The molecule has 1 aliphatic heterocycles. The molecule has 0 aromatic heterocycles. The summed E-state index contributed by atoms with van der Waals surface area (Å²) >= 11 is 0. The predicted octanol–water partition coefficient (Wildman–Crippen LogP) is 3.28. The normalized spacial score (nSPS) is 15.5. The third-order valence-electron chi connectivity index (χ3n) is 2.47. The van der Waals surface area contributed by atoms with Gasteiger partial charge in [-0.2, -0.15) is 0 Å². The quantitative estimate of drug-likeness (QED) is 0.728. The third-order valence-corrected chi connectivity index (χ3v) is 2.47. The Hall–Kier alpha value is -1.09. The van der Waals surface area contributed by atoms with Gasteiger partial charge in [0.2, 0.25) is 0 Å². The van der Waals surface area contributed by atoms with Gasteiger partial charge in [-0.25, -0.2) is 4.39 Å². The second kappa shape index (κ2) is 4.06. The maximum absolute atomic E-state index is 13.4. The van der Waals surface area contributed by atoms with Crippen LogP contribution in [0.3, 0.4) is 0 Å². The molecule has 0 unspecified atom stereocenters. The maximum atomic E-state index is 13.4. The molecular formula is C13H17FO2. The number of hydrogen-bond acceptors (Lipinski definition) is 2. The summed E-state index contributed by atoms with van der Waals surface area (Å²) < 4.78 is 24.0. The molecule has 1 aromatic carbocycles. The molecule has 0 saturated heterocycles. The Morgan fingerprint density at radius 1 is 1.31 bits per heavy atom. The van der Waals surface area contributed by atoms with E-state index in [1.165, 1.54) is 6.07 Å². The van der Waals surface area contributed by atoms with Crippen LogP contribution in [-0.4, -0.2) is 6.79 Å². The van der Waals surface area contributed by atoms with Crippen molar-refractivity contribution in [1.29, 1.82) is 0 Å². The van der Waals surface area contributed by atoms with Gasteiger partial charge in [-0.1, -0.05) is 20.8 Å². The highest BCUT2D eigenvalue weighted by Gasteiger charge is 2.20. The van der Waals surface area contributed by atoms with Crippen LogP contribution in [0.2, 0.25) is 0 Å². The van der Waals surface area contributed by atoms with Crippen molar-refractivity contribution >= 4 is 0 Å². The number of rotatable bonds is 1. The minimum Gasteiger partial charge on any atom is -0.467 e. The molecule has 16 heavy (non-hydrogen) atoms. The molecule has 3 heteroatoms. The van der Waals surface area contributed by atoms with E-state index in [-0.39, 0.29) is 18.0 Å². The van der Waals surface area contributed by atoms with Crippen LogP contribution < -0.4 is 4.74 Å². The lowest BCUT2D eigenvalue weighted by Crippen LogP contribution is -2.16. The van der Waals surface area contributed by atoms with Crippen LogP contribution in [0.15, 0.2) is 12.1 Å². The van der Waals surface area contributed by atoms with Crippen molar-refractivity contribution in [3.8, 4) is 5.75 Å². The SMILES string of the molecule is CC(C)(C)Cc1cc(F)cc2c1OCOC2. The Kier molecular flexibility index (Phi) is 2.89. The average molecular weight is 224 g/mol. The summed E-state index contributed by atoms with van der Waals surface area (Å²) in [6.45, 7) is 7.08. The first-order valence-electron chi connectivity index (χ1n) is 5.47. The second-order valence-corrected chi connectivity index (χ2v) is 5.40. The van der Waals surface area contributed by atoms with Gasteiger partial charge in [-0.15, -0.1) is 0 Å². The highest BCUT2D eigenvalue weighted by molar-refractivity contribution is 5.43. The van der Waals surface area contributed by atoms with Gasteiger partial charge in [0.05, 0.1) is 6.61 Å². The summed E-state index contributed by atoms with van der Waals surface area (Å²) in [7, 11) is 0. The van der Waals surface area contributed by atoms with Crippen molar-refractivity contribution in [3.63, 3.8) is 0 Å². The Morgan fingerprint density at radius 3 is 2.75 bits per heavy atom. The van der Waals surface area contributed by atoms with Gasteiger partial charge in [0, 0.05) is 5.56 Å². The van der Waals surface area contributed by atoms with Gasteiger partial charge < -0.3 is 9.47 Å². The van der Waals surface area contributed by atoms with E-state index in [0.717, 1.165) is 23.3 Å². The van der Waals surface area contributed by atoms with E-state index in [9.17, 15) is 4.39 Å². The van der Waals surface area contributed by atoms with Crippen molar-refractivity contribution in [2.24, 2.45) is 5.41 Å². The number of fused-ring (bicyclic) bond motifs is 1. The average Bonchev–Trinajstić information content (AvgIpc) is 2.14. The van der Waals surface area contributed by atoms with E-state index in [4.69, 9.17) is 9.47 Å². The molecule has 0 spiro atoms. The highest BCUT2D eigenvalue weighted by atomic mass is 19.1. The zero-order valence-electron chi connectivity index (χ0n) is 9.97. The second-order valence-electron chi connectivity index (χ2n) is 5.40. The minimum atomic E-state index is -0.216. The fourth-order valence-electron chi connectivity index (χ4n) is 1.96. The number of halogens is 1. The first kappa shape index (κ1) is 11.4. The molecule has 0 bridgehead atoms. The third kappa shape index (κ3) is 2.53. The van der Waals surface area contributed by atoms with Gasteiger partial charge >= 0.3 is 0 Å². The Balaban J connectivity index is 2.39. The van der Waals surface area contributed by atoms with Crippen LogP contribution in [0, 0.1) is 11.2 Å². The highest BCUT2D eigenvalue weighted by Crippen LogP contribution is 2.33. The molecular weight excluding hydrogens is 207 g/mol. The van der Waals surface area contributed by atoms with Crippen molar-refractivity contribution in [2.45, 2.75) is 33.8 Å². The first-order valence-corrected chi connectivity index (χ1v) is 5.47. The molecule has 0 fully saturated rings. The maximum Gasteiger partial charge on any atom is 0.189 e. The van der Waals surface area contributed by atoms with E-state index in [2.05, 4.69) is 20.8 Å². The van der Waals surface area contributed by atoms with E-state index in [1.807, 2.05) is 0 Å². The lowest BCUT2D eigenvalue weighted by Gasteiger charge is -2.24. The standard InChI is InChI=1S/C13H17FO2/c1-13(2,3)6-9-4-11(14)5-10-7-15-8-16-12(9)10/h4-5H,6-8H2,1-3H3. The number of benzene rings is 1. The van der Waals surface area contributed by atoms with Crippen molar-refractivity contribution in [3.05, 3.63) is 29.1 Å². The van der Waals surface area contributed by atoms with Gasteiger partial charge in [0.15, 0.2) is 6.79 Å². The topological polar surface area (TPSA) is 18.5 Å². The molecule has 1 aromatic rings. The van der Waals surface area contributed by atoms with Gasteiger partial charge in [0.25, 0.3) is 0 Å². The van der Waals surface area contributed by atoms with Crippen molar-refractivity contribution < 1.29 is 13.9 Å². The van der Waals surface area contributed by atoms with Crippen LogP contribution in [-0.2, 0) is 17.8 Å². The summed E-state index contributed by atoms with van der Waals surface area (Å²) in [6.07, 6.45) is 0.799. The van der Waals surface area contributed by atoms with Gasteiger partial charge in [-0.05, 0) is 29.5 Å².